The van der Waals surface area contributed by atoms with Crippen LogP contribution in [-0.2, 0) is 14.3 Å². The normalized spacial score (nSPS) is 14.3. The van der Waals surface area contributed by atoms with Crippen molar-refractivity contribution in [1.82, 2.24) is 5.32 Å². The molecule has 4 heteroatoms. The second-order valence-corrected chi connectivity index (χ2v) is 3.31. The zero-order valence-electron chi connectivity index (χ0n) is 9.29. The highest BCUT2D eigenvalue weighted by molar-refractivity contribution is 5.84. The number of hydrogen-bond acceptors (Lipinski definition) is 3. The molecule has 0 fully saturated rings. The predicted octanol–water partition coefficient (Wildman–Crippen LogP) is 1.10. The second kappa shape index (κ2) is 6.40. The van der Waals surface area contributed by atoms with Gasteiger partial charge in [-0.1, -0.05) is 27.2 Å². The van der Waals surface area contributed by atoms with Crippen molar-refractivity contribution in [2.75, 3.05) is 7.11 Å². The lowest BCUT2D eigenvalue weighted by molar-refractivity contribution is -0.146. The van der Waals surface area contributed by atoms with Crippen LogP contribution in [0.3, 0.4) is 0 Å². The summed E-state index contributed by atoms with van der Waals surface area (Å²) in [5, 5.41) is 2.65. The maximum atomic E-state index is 11.3. The van der Waals surface area contributed by atoms with Crippen molar-refractivity contribution >= 4 is 11.9 Å². The smallest absolute Gasteiger partial charge is 0.328 e. The number of esters is 1. The zero-order valence-corrected chi connectivity index (χ0v) is 9.29. The average molecular weight is 201 g/mol. The highest BCUT2D eigenvalue weighted by atomic mass is 16.5. The molecule has 0 aromatic rings. The molecule has 4 nitrogen and oxygen atoms in total. The van der Waals surface area contributed by atoms with Gasteiger partial charge in [-0.3, -0.25) is 4.79 Å². The Bertz CT molecular complexity index is 204. The van der Waals surface area contributed by atoms with E-state index in [2.05, 4.69) is 10.1 Å². The average Bonchev–Trinajstić information content (AvgIpc) is 2.23. The van der Waals surface area contributed by atoms with E-state index in [0.29, 0.717) is 6.42 Å². The summed E-state index contributed by atoms with van der Waals surface area (Å²) < 4.78 is 4.63. The first-order valence-corrected chi connectivity index (χ1v) is 4.93. The van der Waals surface area contributed by atoms with Crippen LogP contribution in [0.5, 0.6) is 0 Å². The van der Waals surface area contributed by atoms with Crippen molar-refractivity contribution < 1.29 is 14.3 Å². The fourth-order valence-corrected chi connectivity index (χ4v) is 1.07. The lowest BCUT2D eigenvalue weighted by Crippen LogP contribution is -2.45. The Hall–Kier alpha value is -1.06. The summed E-state index contributed by atoms with van der Waals surface area (Å²) in [6, 6.07) is -0.516. The van der Waals surface area contributed by atoms with Crippen LogP contribution in [0, 0.1) is 5.92 Å². The molecule has 0 unspecified atom stereocenters. The molecule has 0 aliphatic carbocycles. The van der Waals surface area contributed by atoms with E-state index in [-0.39, 0.29) is 17.8 Å². The van der Waals surface area contributed by atoms with Crippen LogP contribution in [-0.4, -0.2) is 25.0 Å². The number of rotatable bonds is 5. The van der Waals surface area contributed by atoms with Crippen LogP contribution in [0.25, 0.3) is 0 Å². The molecule has 82 valence electrons. The Balaban J connectivity index is 4.39. The molecule has 0 rings (SSSR count). The van der Waals surface area contributed by atoms with Gasteiger partial charge in [-0.15, -0.1) is 0 Å². The van der Waals surface area contributed by atoms with Gasteiger partial charge in [-0.05, 0) is 5.92 Å². The molecule has 1 N–H and O–H groups in total. The van der Waals surface area contributed by atoms with Crippen LogP contribution < -0.4 is 5.32 Å². The summed E-state index contributed by atoms with van der Waals surface area (Å²) in [4.78, 5) is 22.5. The monoisotopic (exact) mass is 201 g/mol. The summed E-state index contributed by atoms with van der Waals surface area (Å²) in [5.74, 6) is -0.403. The van der Waals surface area contributed by atoms with Gasteiger partial charge in [0.25, 0.3) is 0 Å². The maximum Gasteiger partial charge on any atom is 0.328 e. The molecule has 2 atom stereocenters. The summed E-state index contributed by atoms with van der Waals surface area (Å²) in [6.07, 6.45) is 1.20. The SMILES string of the molecule is CCC(=O)N[C@H](C(=O)OC)[C@@H](C)CC. The minimum Gasteiger partial charge on any atom is -0.467 e. The molecule has 0 aliphatic heterocycles. The van der Waals surface area contributed by atoms with E-state index in [1.807, 2.05) is 13.8 Å². The number of carbonyl (C=O) groups excluding carboxylic acids is 2. The molecule has 0 aromatic carbocycles. The third kappa shape index (κ3) is 3.77. The molecule has 0 radical (unpaired) electrons. The standard InChI is InChI=1S/C10H19NO3/c1-5-7(3)9(10(13)14-4)11-8(12)6-2/h7,9H,5-6H2,1-4H3,(H,11,12)/t7-,9-/m0/s1. The lowest BCUT2D eigenvalue weighted by Gasteiger charge is -2.21. The molecule has 0 saturated carbocycles. The van der Waals surface area contributed by atoms with Gasteiger partial charge >= 0.3 is 5.97 Å². The Kier molecular flexibility index (Phi) is 5.92. The fourth-order valence-electron chi connectivity index (χ4n) is 1.07. The second-order valence-electron chi connectivity index (χ2n) is 3.31. The van der Waals surface area contributed by atoms with E-state index in [1.54, 1.807) is 6.92 Å². The van der Waals surface area contributed by atoms with Crippen molar-refractivity contribution in [3.05, 3.63) is 0 Å². The van der Waals surface area contributed by atoms with Gasteiger partial charge < -0.3 is 10.1 Å². The van der Waals surface area contributed by atoms with E-state index < -0.39 is 6.04 Å². The van der Waals surface area contributed by atoms with Gasteiger partial charge in [0.1, 0.15) is 6.04 Å². The fraction of sp³-hybridized carbons (Fsp3) is 0.800. The largest absolute Gasteiger partial charge is 0.467 e. The van der Waals surface area contributed by atoms with Crippen LogP contribution >= 0.6 is 0 Å². The topological polar surface area (TPSA) is 55.4 Å². The molecular formula is C10H19NO3. The Morgan fingerprint density at radius 1 is 1.36 bits per heavy atom. The summed E-state index contributed by atoms with van der Waals surface area (Å²) >= 11 is 0. The minimum absolute atomic E-state index is 0.0953. The molecule has 0 heterocycles. The molecule has 0 aromatic heterocycles. The van der Waals surface area contributed by atoms with Gasteiger partial charge in [0.2, 0.25) is 5.91 Å². The number of hydrogen-bond donors (Lipinski definition) is 1. The van der Waals surface area contributed by atoms with Gasteiger partial charge in [0.05, 0.1) is 7.11 Å². The summed E-state index contributed by atoms with van der Waals surface area (Å²) in [5.41, 5.74) is 0. The van der Waals surface area contributed by atoms with E-state index in [4.69, 9.17) is 0 Å². The van der Waals surface area contributed by atoms with E-state index in [1.165, 1.54) is 7.11 Å². The van der Waals surface area contributed by atoms with Gasteiger partial charge in [0.15, 0.2) is 0 Å². The maximum absolute atomic E-state index is 11.3. The number of methoxy groups -OCH3 is 1. The van der Waals surface area contributed by atoms with E-state index in [0.717, 1.165) is 6.42 Å². The third-order valence-corrected chi connectivity index (χ3v) is 2.31. The minimum atomic E-state index is -0.516. The first-order valence-electron chi connectivity index (χ1n) is 4.93. The molecule has 1 amide bonds. The number of carbonyl (C=O) groups is 2. The van der Waals surface area contributed by atoms with E-state index >= 15 is 0 Å². The lowest BCUT2D eigenvalue weighted by atomic mass is 9.99. The molecule has 0 saturated heterocycles. The van der Waals surface area contributed by atoms with Crippen molar-refractivity contribution in [3.8, 4) is 0 Å². The van der Waals surface area contributed by atoms with E-state index in [9.17, 15) is 9.59 Å². The van der Waals surface area contributed by atoms with Crippen LogP contribution in [0.1, 0.15) is 33.6 Å². The Morgan fingerprint density at radius 2 is 1.93 bits per heavy atom. The highest BCUT2D eigenvalue weighted by Crippen LogP contribution is 2.09. The molecular weight excluding hydrogens is 182 g/mol. The molecule has 0 spiro atoms. The van der Waals surface area contributed by atoms with Crippen molar-refractivity contribution in [1.29, 1.82) is 0 Å². The van der Waals surface area contributed by atoms with Crippen LogP contribution in [0.15, 0.2) is 0 Å². The Morgan fingerprint density at radius 3 is 2.29 bits per heavy atom. The quantitative estimate of drug-likeness (QED) is 0.678. The zero-order chi connectivity index (χ0) is 11.1. The Labute approximate surface area is 85.0 Å². The van der Waals surface area contributed by atoms with Crippen molar-refractivity contribution in [3.63, 3.8) is 0 Å². The van der Waals surface area contributed by atoms with Gasteiger partial charge in [0, 0.05) is 6.42 Å². The van der Waals surface area contributed by atoms with Crippen molar-refractivity contribution in [2.45, 2.75) is 39.7 Å². The number of nitrogens with one attached hydrogen (secondary N) is 1. The van der Waals surface area contributed by atoms with Crippen LogP contribution in [0.4, 0.5) is 0 Å². The summed E-state index contributed by atoms with van der Waals surface area (Å²) in [7, 11) is 1.33. The molecule has 0 aliphatic rings. The van der Waals surface area contributed by atoms with Crippen molar-refractivity contribution in [2.24, 2.45) is 5.92 Å². The molecule has 14 heavy (non-hydrogen) atoms. The van der Waals surface area contributed by atoms with Crippen LogP contribution in [0.2, 0.25) is 0 Å². The number of ether oxygens (including phenoxy) is 1. The summed E-state index contributed by atoms with van der Waals surface area (Å²) in [6.45, 7) is 5.64. The third-order valence-electron chi connectivity index (χ3n) is 2.31. The van der Waals surface area contributed by atoms with Gasteiger partial charge in [-0.25, -0.2) is 4.79 Å². The predicted molar refractivity (Wildman–Crippen MR) is 53.7 cm³/mol. The first-order chi connectivity index (χ1) is 6.56. The molecule has 0 bridgehead atoms. The number of amides is 1. The first kappa shape index (κ1) is 12.9. The van der Waals surface area contributed by atoms with Gasteiger partial charge in [-0.2, -0.15) is 0 Å². The highest BCUT2D eigenvalue weighted by Gasteiger charge is 2.25.